The van der Waals surface area contributed by atoms with Crippen LogP contribution < -0.4 is 5.56 Å². The smallest absolute Gasteiger partial charge is 0.260 e. The van der Waals surface area contributed by atoms with Crippen molar-refractivity contribution >= 4 is 24.7 Å². The predicted octanol–water partition coefficient (Wildman–Crippen LogP) is 4.61. The number of rotatable bonds is 5. The van der Waals surface area contributed by atoms with E-state index in [0.717, 1.165) is 22.3 Å². The first-order valence-corrected chi connectivity index (χ1v) is 13.1. The van der Waals surface area contributed by atoms with E-state index in [1.807, 2.05) is 35.0 Å². The molecule has 0 aromatic carbocycles. The van der Waals surface area contributed by atoms with Crippen LogP contribution in [-0.2, 0) is 17.6 Å². The molecule has 0 aliphatic rings. The van der Waals surface area contributed by atoms with Crippen molar-refractivity contribution in [1.82, 2.24) is 18.9 Å². The molecule has 156 valence electrons. The van der Waals surface area contributed by atoms with Crippen LogP contribution in [0.15, 0.2) is 60.0 Å². The molecule has 0 atom stereocenters. The lowest BCUT2D eigenvalue weighted by Gasteiger charge is -2.36. The molecular formula is C23H28N4O2Si. The van der Waals surface area contributed by atoms with E-state index in [0.29, 0.717) is 18.5 Å². The number of nitrogens with zero attached hydrogens (tertiary/aromatic N) is 4. The van der Waals surface area contributed by atoms with Gasteiger partial charge in [0.1, 0.15) is 5.65 Å². The minimum Gasteiger partial charge on any atom is -0.413 e. The largest absolute Gasteiger partial charge is 0.413 e. The minimum absolute atomic E-state index is 0.0545. The summed E-state index contributed by atoms with van der Waals surface area (Å²) in [6, 6.07) is 7.85. The molecule has 4 aromatic rings. The van der Waals surface area contributed by atoms with Crippen LogP contribution in [0.4, 0.5) is 0 Å². The van der Waals surface area contributed by atoms with E-state index in [2.05, 4.69) is 56.1 Å². The van der Waals surface area contributed by atoms with Crippen LogP contribution in [0.25, 0.3) is 16.4 Å². The second-order valence-corrected chi connectivity index (χ2v) is 14.1. The summed E-state index contributed by atoms with van der Waals surface area (Å²) in [6.07, 6.45) is 9.16. The maximum absolute atomic E-state index is 12.7. The van der Waals surface area contributed by atoms with E-state index in [1.54, 1.807) is 17.0 Å². The number of hydrogen-bond acceptors (Lipinski definition) is 4. The summed E-state index contributed by atoms with van der Waals surface area (Å²) in [7, 11) is -1.80. The van der Waals surface area contributed by atoms with Crippen molar-refractivity contribution in [1.29, 1.82) is 0 Å². The standard InChI is InChI=1S/C23H28N4O2Si/c1-23(2,3)30(4,5)29-16-17-6-7-21-25-19(15-27(21)13-17)14-26-11-9-18-8-10-24-12-20(18)22(26)28/h6-13,15H,14,16H2,1-5H3. The lowest BCUT2D eigenvalue weighted by atomic mass is 10.2. The number of fused-ring (bicyclic) bond motifs is 2. The average Bonchev–Trinajstić information content (AvgIpc) is 3.09. The van der Waals surface area contributed by atoms with Crippen LogP contribution in [0.2, 0.25) is 18.1 Å². The molecule has 7 heteroatoms. The molecule has 0 amide bonds. The van der Waals surface area contributed by atoms with Crippen molar-refractivity contribution in [3.8, 4) is 0 Å². The van der Waals surface area contributed by atoms with Crippen LogP contribution in [-0.4, -0.2) is 27.3 Å². The van der Waals surface area contributed by atoms with E-state index in [-0.39, 0.29) is 10.6 Å². The molecule has 4 rings (SSSR count). The van der Waals surface area contributed by atoms with Gasteiger partial charge in [0.05, 0.1) is 24.2 Å². The van der Waals surface area contributed by atoms with E-state index in [9.17, 15) is 4.79 Å². The highest BCUT2D eigenvalue weighted by atomic mass is 28.4. The highest BCUT2D eigenvalue weighted by molar-refractivity contribution is 6.74. The predicted molar refractivity (Wildman–Crippen MR) is 122 cm³/mol. The molecule has 0 bridgehead atoms. The van der Waals surface area contributed by atoms with Crippen LogP contribution in [0.3, 0.4) is 0 Å². The third-order valence-corrected chi connectivity index (χ3v) is 10.6. The molecule has 0 saturated carbocycles. The zero-order chi connectivity index (χ0) is 21.5. The fraction of sp³-hybridized carbons (Fsp3) is 0.348. The van der Waals surface area contributed by atoms with Gasteiger partial charge in [0, 0.05) is 31.0 Å². The molecule has 0 aliphatic heterocycles. The van der Waals surface area contributed by atoms with Crippen LogP contribution in [0, 0.1) is 0 Å². The molecule has 0 N–H and O–H groups in total. The van der Waals surface area contributed by atoms with Gasteiger partial charge in [-0.15, -0.1) is 0 Å². The molecule has 0 radical (unpaired) electrons. The Hall–Kier alpha value is -2.77. The number of imidazole rings is 1. The molecule has 0 saturated heterocycles. The summed E-state index contributed by atoms with van der Waals surface area (Å²) < 4.78 is 10.0. The van der Waals surface area contributed by atoms with E-state index in [4.69, 9.17) is 4.43 Å². The molecule has 0 fully saturated rings. The third-order valence-electron chi connectivity index (χ3n) is 6.08. The van der Waals surface area contributed by atoms with Crippen molar-refractivity contribution in [2.45, 2.75) is 52.1 Å². The summed E-state index contributed by atoms with van der Waals surface area (Å²) in [6.45, 7) is 12.3. The van der Waals surface area contributed by atoms with Crippen LogP contribution in [0.1, 0.15) is 32.0 Å². The van der Waals surface area contributed by atoms with Crippen molar-refractivity contribution in [3.63, 3.8) is 0 Å². The van der Waals surface area contributed by atoms with Gasteiger partial charge in [-0.2, -0.15) is 0 Å². The molecule has 4 heterocycles. The highest BCUT2D eigenvalue weighted by Gasteiger charge is 2.37. The Morgan fingerprint density at radius 3 is 2.67 bits per heavy atom. The lowest BCUT2D eigenvalue weighted by molar-refractivity contribution is 0.276. The molecule has 0 spiro atoms. The lowest BCUT2D eigenvalue weighted by Crippen LogP contribution is -2.40. The third kappa shape index (κ3) is 3.95. The number of hydrogen-bond donors (Lipinski definition) is 0. The molecule has 6 nitrogen and oxygen atoms in total. The van der Waals surface area contributed by atoms with Gasteiger partial charge in [-0.3, -0.25) is 9.78 Å². The topological polar surface area (TPSA) is 61.4 Å². The van der Waals surface area contributed by atoms with Crippen LogP contribution >= 0.6 is 0 Å². The summed E-state index contributed by atoms with van der Waals surface area (Å²) in [5.41, 5.74) is 2.76. The normalized spacial score (nSPS) is 12.7. The van der Waals surface area contributed by atoms with Gasteiger partial charge in [-0.25, -0.2) is 4.98 Å². The zero-order valence-electron chi connectivity index (χ0n) is 18.2. The van der Waals surface area contributed by atoms with E-state index < -0.39 is 8.32 Å². The zero-order valence-corrected chi connectivity index (χ0v) is 19.2. The van der Waals surface area contributed by atoms with Gasteiger partial charge in [-0.05, 0) is 47.3 Å². The summed E-state index contributed by atoms with van der Waals surface area (Å²) in [5.74, 6) is 0. The molecule has 0 unspecified atom stereocenters. The van der Waals surface area contributed by atoms with Gasteiger partial charge in [0.2, 0.25) is 0 Å². The van der Waals surface area contributed by atoms with E-state index >= 15 is 0 Å². The fourth-order valence-corrected chi connectivity index (χ4v) is 4.11. The summed E-state index contributed by atoms with van der Waals surface area (Å²) in [5, 5.41) is 1.70. The average molecular weight is 421 g/mol. The number of pyridine rings is 3. The first-order valence-electron chi connectivity index (χ1n) is 10.2. The van der Waals surface area contributed by atoms with Gasteiger partial charge < -0.3 is 13.4 Å². The van der Waals surface area contributed by atoms with Gasteiger partial charge in [0.15, 0.2) is 8.32 Å². The second kappa shape index (κ2) is 7.48. The minimum atomic E-state index is -1.80. The first kappa shape index (κ1) is 20.5. The van der Waals surface area contributed by atoms with Crippen molar-refractivity contribution in [2.75, 3.05) is 0 Å². The highest BCUT2D eigenvalue weighted by Crippen LogP contribution is 2.37. The van der Waals surface area contributed by atoms with Crippen molar-refractivity contribution in [3.05, 3.63) is 76.9 Å². The second-order valence-electron chi connectivity index (χ2n) is 9.30. The first-order chi connectivity index (χ1) is 14.1. The van der Waals surface area contributed by atoms with E-state index in [1.165, 1.54) is 0 Å². The Morgan fingerprint density at radius 2 is 1.90 bits per heavy atom. The summed E-state index contributed by atoms with van der Waals surface area (Å²) in [4.78, 5) is 21.5. The Kier molecular flexibility index (Phi) is 5.11. The SMILES string of the molecule is CC(C)(C)[Si](C)(C)OCc1ccc2nc(Cn3ccc4ccncc4c3=O)cn2c1. The Morgan fingerprint density at radius 1 is 1.10 bits per heavy atom. The number of aromatic nitrogens is 4. The maximum atomic E-state index is 12.7. The fourth-order valence-electron chi connectivity index (χ4n) is 3.15. The molecule has 4 aromatic heterocycles. The van der Waals surface area contributed by atoms with Gasteiger partial charge in [-0.1, -0.05) is 26.8 Å². The molecule has 30 heavy (non-hydrogen) atoms. The quantitative estimate of drug-likeness (QED) is 0.442. The van der Waals surface area contributed by atoms with Crippen molar-refractivity contribution < 1.29 is 4.43 Å². The maximum Gasteiger partial charge on any atom is 0.260 e. The van der Waals surface area contributed by atoms with Gasteiger partial charge in [0.25, 0.3) is 5.56 Å². The Bertz CT molecular complexity index is 1270. The Balaban J connectivity index is 1.56. The summed E-state index contributed by atoms with van der Waals surface area (Å²) >= 11 is 0. The van der Waals surface area contributed by atoms with Gasteiger partial charge >= 0.3 is 0 Å². The monoisotopic (exact) mass is 420 g/mol. The Labute approximate surface area is 177 Å². The van der Waals surface area contributed by atoms with Crippen molar-refractivity contribution in [2.24, 2.45) is 0 Å². The molecular weight excluding hydrogens is 392 g/mol. The van der Waals surface area contributed by atoms with Crippen LogP contribution in [0.5, 0.6) is 0 Å². The molecule has 0 aliphatic carbocycles.